The Kier molecular flexibility index (Phi) is 7.98. The molecule has 2 aromatic rings. The summed E-state index contributed by atoms with van der Waals surface area (Å²) in [7, 11) is 1.55. The Morgan fingerprint density at radius 2 is 1.57 bits per heavy atom. The number of methoxy groups -OCH3 is 1. The van der Waals surface area contributed by atoms with Gasteiger partial charge in [-0.1, -0.05) is 24.3 Å². The minimum absolute atomic E-state index is 0.00421. The summed E-state index contributed by atoms with van der Waals surface area (Å²) in [5.74, 6) is -0.0487. The van der Waals surface area contributed by atoms with E-state index in [1.807, 2.05) is 13.0 Å². The maximum atomic E-state index is 12.2. The predicted octanol–water partition coefficient (Wildman–Crippen LogP) is 0.887. The first-order chi connectivity index (χ1) is 13.5. The number of rotatable bonds is 8. The van der Waals surface area contributed by atoms with Crippen molar-refractivity contribution in [1.29, 1.82) is 0 Å². The lowest BCUT2D eigenvalue weighted by atomic mass is 10.3. The minimum atomic E-state index is -0.604. The molecule has 0 heterocycles. The highest BCUT2D eigenvalue weighted by Gasteiger charge is 2.18. The third-order valence-electron chi connectivity index (χ3n) is 3.96. The second kappa shape index (κ2) is 10.7. The molecular weight excluding hydrogens is 360 g/mol. The molecular formula is C20H25N4O4+. The molecule has 0 aliphatic heterocycles. The number of urea groups is 1. The molecule has 0 aliphatic rings. The highest BCUT2D eigenvalue weighted by Crippen LogP contribution is 2.16. The van der Waals surface area contributed by atoms with Gasteiger partial charge in [0.25, 0.3) is 11.8 Å². The van der Waals surface area contributed by atoms with Crippen LogP contribution in [0.15, 0.2) is 54.6 Å². The fourth-order valence-corrected chi connectivity index (χ4v) is 2.53. The number of hydrogen-bond donors (Lipinski definition) is 4. The SMILES string of the molecule is CC[NH+](CC(=O)NC(=O)Nc1ccccc1)CC(=O)Nc1cccc(OC)c1. The quantitative estimate of drug-likeness (QED) is 0.542. The fourth-order valence-electron chi connectivity index (χ4n) is 2.53. The third kappa shape index (κ3) is 7.08. The first kappa shape index (κ1) is 20.9. The molecule has 0 aromatic heterocycles. The van der Waals surface area contributed by atoms with Gasteiger partial charge in [-0.15, -0.1) is 0 Å². The number of likely N-dealkylation sites (N-methyl/N-ethyl adjacent to an activating group) is 1. The number of anilines is 2. The van der Waals surface area contributed by atoms with Crippen LogP contribution in [0.5, 0.6) is 5.75 Å². The highest BCUT2D eigenvalue weighted by atomic mass is 16.5. The smallest absolute Gasteiger partial charge is 0.326 e. The Labute approximate surface area is 163 Å². The average molecular weight is 385 g/mol. The van der Waals surface area contributed by atoms with Gasteiger partial charge in [0.05, 0.1) is 13.7 Å². The summed E-state index contributed by atoms with van der Waals surface area (Å²) < 4.78 is 5.12. The molecule has 4 N–H and O–H groups in total. The highest BCUT2D eigenvalue weighted by molar-refractivity contribution is 6.01. The summed E-state index contributed by atoms with van der Waals surface area (Å²) >= 11 is 0. The van der Waals surface area contributed by atoms with Crippen molar-refractivity contribution < 1.29 is 24.0 Å². The average Bonchev–Trinajstić information content (AvgIpc) is 2.68. The van der Waals surface area contributed by atoms with E-state index < -0.39 is 11.9 Å². The van der Waals surface area contributed by atoms with Crippen molar-refractivity contribution in [3.63, 3.8) is 0 Å². The number of amides is 4. The van der Waals surface area contributed by atoms with Gasteiger partial charge in [0.15, 0.2) is 13.1 Å². The molecule has 0 bridgehead atoms. The Morgan fingerprint density at radius 3 is 2.25 bits per heavy atom. The summed E-state index contributed by atoms with van der Waals surface area (Å²) in [4.78, 5) is 36.9. The zero-order chi connectivity index (χ0) is 20.4. The molecule has 4 amide bonds. The molecule has 8 heteroatoms. The van der Waals surface area contributed by atoms with E-state index in [1.54, 1.807) is 55.6 Å². The van der Waals surface area contributed by atoms with Gasteiger partial charge in [0.2, 0.25) is 0 Å². The van der Waals surface area contributed by atoms with E-state index in [0.29, 0.717) is 23.7 Å². The van der Waals surface area contributed by atoms with Crippen molar-refractivity contribution in [3.05, 3.63) is 54.6 Å². The monoisotopic (exact) mass is 385 g/mol. The number of para-hydroxylation sites is 1. The zero-order valence-corrected chi connectivity index (χ0v) is 16.0. The summed E-state index contributed by atoms with van der Waals surface area (Å²) in [6.07, 6.45) is 0. The van der Waals surface area contributed by atoms with E-state index in [0.717, 1.165) is 4.90 Å². The number of hydrogen-bond acceptors (Lipinski definition) is 4. The van der Waals surface area contributed by atoms with Crippen LogP contribution in [0, 0.1) is 0 Å². The molecule has 0 saturated heterocycles. The van der Waals surface area contributed by atoms with Crippen LogP contribution in [0.25, 0.3) is 0 Å². The van der Waals surface area contributed by atoms with Crippen molar-refractivity contribution in [2.75, 3.05) is 37.4 Å². The third-order valence-corrected chi connectivity index (χ3v) is 3.96. The lowest BCUT2D eigenvalue weighted by Crippen LogP contribution is -3.14. The van der Waals surface area contributed by atoms with Gasteiger partial charge in [-0.25, -0.2) is 4.79 Å². The Balaban J connectivity index is 1.81. The Morgan fingerprint density at radius 1 is 0.893 bits per heavy atom. The van der Waals surface area contributed by atoms with Crippen LogP contribution in [0.1, 0.15) is 6.92 Å². The van der Waals surface area contributed by atoms with E-state index >= 15 is 0 Å². The van der Waals surface area contributed by atoms with Crippen molar-refractivity contribution in [1.82, 2.24) is 5.32 Å². The van der Waals surface area contributed by atoms with Crippen molar-refractivity contribution in [2.24, 2.45) is 0 Å². The molecule has 0 fully saturated rings. The largest absolute Gasteiger partial charge is 0.497 e. The van der Waals surface area contributed by atoms with Gasteiger partial charge < -0.3 is 20.3 Å². The molecule has 8 nitrogen and oxygen atoms in total. The number of ether oxygens (including phenoxy) is 1. The Hall–Kier alpha value is -3.39. The molecule has 2 aromatic carbocycles. The molecule has 148 valence electrons. The normalized spacial score (nSPS) is 11.2. The summed E-state index contributed by atoms with van der Waals surface area (Å²) in [6.45, 7) is 2.52. The van der Waals surface area contributed by atoms with Crippen LogP contribution < -0.4 is 25.6 Å². The number of carbonyl (C=O) groups is 3. The van der Waals surface area contributed by atoms with E-state index in [4.69, 9.17) is 4.74 Å². The molecule has 0 radical (unpaired) electrons. The van der Waals surface area contributed by atoms with Crippen LogP contribution in [-0.4, -0.2) is 44.6 Å². The summed E-state index contributed by atoms with van der Waals surface area (Å²) in [5, 5.41) is 7.63. The Bertz CT molecular complexity index is 811. The molecule has 0 aliphatic carbocycles. The van der Waals surface area contributed by atoms with Gasteiger partial charge in [0.1, 0.15) is 5.75 Å². The standard InChI is InChI=1S/C20H24N4O4/c1-3-24(13-18(25)21-16-10-7-11-17(12-16)28-2)14-19(26)23-20(27)22-15-8-5-4-6-9-15/h4-12H,3,13-14H2,1-2H3,(H,21,25)(H2,22,23,26,27)/p+1. The predicted molar refractivity (Wildman–Crippen MR) is 106 cm³/mol. The number of quaternary nitrogens is 1. The van der Waals surface area contributed by atoms with Crippen LogP contribution in [0.2, 0.25) is 0 Å². The van der Waals surface area contributed by atoms with E-state index in [2.05, 4.69) is 16.0 Å². The van der Waals surface area contributed by atoms with Gasteiger partial charge in [0, 0.05) is 17.4 Å². The topological polar surface area (TPSA) is 101 Å². The maximum absolute atomic E-state index is 12.2. The van der Waals surface area contributed by atoms with Crippen LogP contribution in [0.3, 0.4) is 0 Å². The molecule has 2 rings (SSSR count). The maximum Gasteiger partial charge on any atom is 0.326 e. The molecule has 0 spiro atoms. The van der Waals surface area contributed by atoms with Crippen molar-refractivity contribution >= 4 is 29.2 Å². The summed E-state index contributed by atoms with van der Waals surface area (Å²) in [6, 6.07) is 15.2. The molecule has 28 heavy (non-hydrogen) atoms. The molecule has 1 atom stereocenters. The zero-order valence-electron chi connectivity index (χ0n) is 16.0. The lowest BCUT2D eigenvalue weighted by molar-refractivity contribution is -0.881. The number of nitrogens with one attached hydrogen (secondary N) is 4. The van der Waals surface area contributed by atoms with Crippen molar-refractivity contribution in [2.45, 2.75) is 6.92 Å². The van der Waals surface area contributed by atoms with E-state index in [1.165, 1.54) is 0 Å². The van der Waals surface area contributed by atoms with E-state index in [-0.39, 0.29) is 19.0 Å². The lowest BCUT2D eigenvalue weighted by Gasteiger charge is -2.17. The molecule has 0 saturated carbocycles. The number of carbonyl (C=O) groups excluding carboxylic acids is 3. The van der Waals surface area contributed by atoms with Crippen LogP contribution in [0.4, 0.5) is 16.2 Å². The fraction of sp³-hybridized carbons (Fsp3) is 0.250. The van der Waals surface area contributed by atoms with Gasteiger partial charge in [-0.05, 0) is 31.2 Å². The second-order valence-electron chi connectivity index (χ2n) is 6.11. The van der Waals surface area contributed by atoms with Gasteiger partial charge >= 0.3 is 6.03 Å². The minimum Gasteiger partial charge on any atom is -0.497 e. The van der Waals surface area contributed by atoms with Crippen LogP contribution in [-0.2, 0) is 9.59 Å². The molecule has 1 unspecified atom stereocenters. The second-order valence-corrected chi connectivity index (χ2v) is 6.11. The number of benzene rings is 2. The van der Waals surface area contributed by atoms with Gasteiger partial charge in [-0.2, -0.15) is 0 Å². The number of imide groups is 1. The van der Waals surface area contributed by atoms with Crippen LogP contribution >= 0.6 is 0 Å². The first-order valence-electron chi connectivity index (χ1n) is 8.93. The van der Waals surface area contributed by atoms with Crippen molar-refractivity contribution in [3.8, 4) is 5.75 Å². The first-order valence-corrected chi connectivity index (χ1v) is 8.93. The van der Waals surface area contributed by atoms with Gasteiger partial charge in [-0.3, -0.25) is 14.9 Å². The summed E-state index contributed by atoms with van der Waals surface area (Å²) in [5.41, 5.74) is 1.21. The van der Waals surface area contributed by atoms with E-state index in [9.17, 15) is 14.4 Å².